The minimum absolute atomic E-state index is 0.0436. The van der Waals surface area contributed by atoms with Crippen LogP contribution < -0.4 is 10.6 Å². The molecule has 0 saturated heterocycles. The number of nitrogens with two attached hydrogens (primary N) is 1. The maximum atomic E-state index is 5.81. The van der Waals surface area contributed by atoms with Gasteiger partial charge in [0.05, 0.1) is 30.8 Å². The number of anilines is 1. The highest BCUT2D eigenvalue weighted by Crippen LogP contribution is 2.18. The van der Waals surface area contributed by atoms with E-state index in [9.17, 15) is 0 Å². The summed E-state index contributed by atoms with van der Waals surface area (Å²) in [7, 11) is 3.42. The number of ether oxygens (including phenoxy) is 2. The summed E-state index contributed by atoms with van der Waals surface area (Å²) in [4.78, 5) is 6.63. The molecule has 2 atom stereocenters. The molecule has 5 heteroatoms. The molecule has 108 valence electrons. The van der Waals surface area contributed by atoms with Crippen molar-refractivity contribution in [2.45, 2.75) is 25.9 Å². The van der Waals surface area contributed by atoms with Crippen LogP contribution in [0.3, 0.4) is 0 Å². The molecule has 0 aliphatic carbocycles. The fourth-order valence-corrected chi connectivity index (χ4v) is 1.96. The van der Waals surface area contributed by atoms with Crippen LogP contribution in [-0.2, 0) is 9.47 Å². The monoisotopic (exact) mass is 267 g/mol. The lowest BCUT2D eigenvalue weighted by molar-refractivity contribution is 0.171. The van der Waals surface area contributed by atoms with Gasteiger partial charge in [0.15, 0.2) is 0 Å². The zero-order chi connectivity index (χ0) is 14.3. The Bertz CT molecular complexity index is 354. The lowest BCUT2D eigenvalue weighted by atomic mass is 10.2. The van der Waals surface area contributed by atoms with Gasteiger partial charge in [0.2, 0.25) is 0 Å². The Labute approximate surface area is 115 Å². The average molecular weight is 267 g/mol. The predicted molar refractivity (Wildman–Crippen MR) is 77.4 cm³/mol. The molecule has 0 fully saturated rings. The van der Waals surface area contributed by atoms with Gasteiger partial charge in [0, 0.05) is 32.8 Å². The fourth-order valence-electron chi connectivity index (χ4n) is 1.96. The Hall–Kier alpha value is -1.17. The number of hydrogen-bond donors (Lipinski definition) is 1. The zero-order valence-corrected chi connectivity index (χ0v) is 12.3. The van der Waals surface area contributed by atoms with Gasteiger partial charge in [-0.15, -0.1) is 0 Å². The number of methoxy groups -OCH3 is 2. The standard InChI is InChI=1S/C14H25N3O2/c1-11(10-19-4)17(7-8-18-3)13-5-6-14(12(2)15)16-9-13/h5-6,9,11-12H,7-8,10,15H2,1-4H3/t11?,12-/m0/s1. The maximum absolute atomic E-state index is 5.81. The molecule has 0 bridgehead atoms. The molecule has 19 heavy (non-hydrogen) atoms. The molecule has 0 aromatic carbocycles. The molecule has 1 aromatic heterocycles. The van der Waals surface area contributed by atoms with Crippen molar-refractivity contribution in [3.8, 4) is 0 Å². The highest BCUT2D eigenvalue weighted by atomic mass is 16.5. The van der Waals surface area contributed by atoms with E-state index in [1.54, 1.807) is 14.2 Å². The van der Waals surface area contributed by atoms with Gasteiger partial charge in [0.25, 0.3) is 0 Å². The number of nitrogens with zero attached hydrogens (tertiary/aromatic N) is 2. The van der Waals surface area contributed by atoms with E-state index in [0.29, 0.717) is 13.2 Å². The van der Waals surface area contributed by atoms with E-state index >= 15 is 0 Å². The van der Waals surface area contributed by atoms with Crippen molar-refractivity contribution < 1.29 is 9.47 Å². The van der Waals surface area contributed by atoms with Crippen molar-refractivity contribution in [3.05, 3.63) is 24.0 Å². The maximum Gasteiger partial charge on any atom is 0.0663 e. The summed E-state index contributed by atoms with van der Waals surface area (Å²) in [6.07, 6.45) is 1.86. The van der Waals surface area contributed by atoms with Gasteiger partial charge in [-0.25, -0.2) is 0 Å². The number of aromatic nitrogens is 1. The smallest absolute Gasteiger partial charge is 0.0663 e. The molecule has 1 aromatic rings. The van der Waals surface area contributed by atoms with Gasteiger partial charge in [-0.1, -0.05) is 0 Å². The molecule has 0 spiro atoms. The zero-order valence-electron chi connectivity index (χ0n) is 12.3. The lowest BCUT2D eigenvalue weighted by Crippen LogP contribution is -2.38. The molecule has 0 aliphatic rings. The van der Waals surface area contributed by atoms with E-state index in [4.69, 9.17) is 15.2 Å². The van der Waals surface area contributed by atoms with E-state index in [2.05, 4.69) is 16.8 Å². The fraction of sp³-hybridized carbons (Fsp3) is 0.643. The first-order valence-corrected chi connectivity index (χ1v) is 6.56. The third kappa shape index (κ3) is 4.78. The molecule has 0 radical (unpaired) electrons. The molecule has 1 rings (SSSR count). The Morgan fingerprint density at radius 2 is 2.00 bits per heavy atom. The van der Waals surface area contributed by atoms with Crippen LogP contribution in [0.15, 0.2) is 18.3 Å². The summed E-state index contributed by atoms with van der Waals surface area (Å²) >= 11 is 0. The molecular weight excluding hydrogens is 242 g/mol. The molecular formula is C14H25N3O2. The van der Waals surface area contributed by atoms with Crippen molar-refractivity contribution in [1.82, 2.24) is 4.98 Å². The van der Waals surface area contributed by atoms with E-state index in [-0.39, 0.29) is 12.1 Å². The van der Waals surface area contributed by atoms with Gasteiger partial charge in [-0.3, -0.25) is 4.98 Å². The van der Waals surface area contributed by atoms with E-state index in [0.717, 1.165) is 17.9 Å². The minimum Gasteiger partial charge on any atom is -0.383 e. The van der Waals surface area contributed by atoms with E-state index < -0.39 is 0 Å². The lowest BCUT2D eigenvalue weighted by Gasteiger charge is -2.30. The predicted octanol–water partition coefficient (Wildman–Crippen LogP) is 1.59. The highest BCUT2D eigenvalue weighted by Gasteiger charge is 2.15. The summed E-state index contributed by atoms with van der Waals surface area (Å²) in [6.45, 7) is 6.19. The number of rotatable bonds is 8. The summed E-state index contributed by atoms with van der Waals surface area (Å²) in [5.74, 6) is 0. The Morgan fingerprint density at radius 3 is 2.47 bits per heavy atom. The van der Waals surface area contributed by atoms with Gasteiger partial charge >= 0.3 is 0 Å². The van der Waals surface area contributed by atoms with Gasteiger partial charge in [-0.05, 0) is 26.0 Å². The molecule has 1 heterocycles. The molecule has 5 nitrogen and oxygen atoms in total. The molecule has 2 N–H and O–H groups in total. The van der Waals surface area contributed by atoms with Crippen LogP contribution in [-0.4, -0.2) is 45.0 Å². The first-order chi connectivity index (χ1) is 9.10. The Balaban J connectivity index is 2.83. The number of pyridine rings is 1. The quantitative estimate of drug-likeness (QED) is 0.775. The first-order valence-electron chi connectivity index (χ1n) is 6.56. The normalized spacial score (nSPS) is 14.2. The summed E-state index contributed by atoms with van der Waals surface area (Å²) in [5, 5.41) is 0. The van der Waals surface area contributed by atoms with Crippen molar-refractivity contribution in [2.24, 2.45) is 5.73 Å². The van der Waals surface area contributed by atoms with Gasteiger partial charge in [0.1, 0.15) is 0 Å². The summed E-state index contributed by atoms with van der Waals surface area (Å²) in [5.41, 5.74) is 7.77. The van der Waals surface area contributed by atoms with Crippen molar-refractivity contribution in [2.75, 3.05) is 38.9 Å². The minimum atomic E-state index is -0.0436. The largest absolute Gasteiger partial charge is 0.383 e. The van der Waals surface area contributed by atoms with Crippen LogP contribution in [0.2, 0.25) is 0 Å². The molecule has 0 saturated carbocycles. The Morgan fingerprint density at radius 1 is 1.26 bits per heavy atom. The van der Waals surface area contributed by atoms with Crippen LogP contribution in [0.5, 0.6) is 0 Å². The topological polar surface area (TPSA) is 60.6 Å². The molecule has 0 aliphatic heterocycles. The van der Waals surface area contributed by atoms with E-state index in [1.807, 2.05) is 25.3 Å². The SMILES string of the molecule is COCCN(c1ccc([C@H](C)N)nc1)C(C)COC. The van der Waals surface area contributed by atoms with E-state index in [1.165, 1.54) is 0 Å². The van der Waals surface area contributed by atoms with Gasteiger partial charge in [-0.2, -0.15) is 0 Å². The first kappa shape index (κ1) is 15.9. The number of hydrogen-bond acceptors (Lipinski definition) is 5. The van der Waals surface area contributed by atoms with Crippen LogP contribution in [0, 0.1) is 0 Å². The molecule has 1 unspecified atom stereocenters. The van der Waals surface area contributed by atoms with Crippen LogP contribution in [0.25, 0.3) is 0 Å². The van der Waals surface area contributed by atoms with Crippen molar-refractivity contribution in [1.29, 1.82) is 0 Å². The molecule has 0 amide bonds. The third-order valence-corrected chi connectivity index (χ3v) is 3.05. The van der Waals surface area contributed by atoms with Crippen molar-refractivity contribution >= 4 is 5.69 Å². The second-order valence-corrected chi connectivity index (χ2v) is 4.72. The highest BCUT2D eigenvalue weighted by molar-refractivity contribution is 5.45. The Kier molecular flexibility index (Phi) is 6.77. The summed E-state index contributed by atoms with van der Waals surface area (Å²) in [6, 6.07) is 4.24. The second-order valence-electron chi connectivity index (χ2n) is 4.72. The average Bonchev–Trinajstić information content (AvgIpc) is 2.40. The van der Waals surface area contributed by atoms with Crippen LogP contribution >= 0.6 is 0 Å². The van der Waals surface area contributed by atoms with Crippen LogP contribution in [0.1, 0.15) is 25.6 Å². The third-order valence-electron chi connectivity index (χ3n) is 3.05. The van der Waals surface area contributed by atoms with Crippen molar-refractivity contribution in [3.63, 3.8) is 0 Å². The van der Waals surface area contributed by atoms with Crippen LogP contribution in [0.4, 0.5) is 5.69 Å². The second kappa shape index (κ2) is 8.09. The van der Waals surface area contributed by atoms with Gasteiger partial charge < -0.3 is 20.1 Å². The summed E-state index contributed by atoms with van der Waals surface area (Å²) < 4.78 is 10.4.